The number of hydrogen-bond acceptors (Lipinski definition) is 4. The first kappa shape index (κ1) is 18.6. The number of hydrogen-bond donors (Lipinski definition) is 2. The molecule has 2 aromatic rings. The highest BCUT2D eigenvalue weighted by Crippen LogP contribution is 2.33. The zero-order valence-corrected chi connectivity index (χ0v) is 14.3. The Balaban J connectivity index is 2.30. The van der Waals surface area contributed by atoms with E-state index in [0.29, 0.717) is 11.1 Å². The molecule has 0 bridgehead atoms. The molecule has 0 radical (unpaired) electrons. The van der Waals surface area contributed by atoms with Crippen LogP contribution in [0.25, 0.3) is 0 Å². The molecule has 6 nitrogen and oxygen atoms in total. The minimum absolute atomic E-state index is 0.151. The predicted molar refractivity (Wildman–Crippen MR) is 90.7 cm³/mol. The van der Waals surface area contributed by atoms with Gasteiger partial charge in [-0.2, -0.15) is 16.8 Å². The molecule has 0 aliphatic carbocycles. The summed E-state index contributed by atoms with van der Waals surface area (Å²) in [5.74, 6) is 0. The van der Waals surface area contributed by atoms with E-state index >= 15 is 0 Å². The van der Waals surface area contributed by atoms with Gasteiger partial charge in [-0.25, -0.2) is 0 Å². The third-order valence-corrected chi connectivity index (χ3v) is 6.21. The van der Waals surface area contributed by atoms with E-state index in [9.17, 15) is 25.9 Å². The van der Waals surface area contributed by atoms with Crippen LogP contribution in [0.4, 0.5) is 0 Å². The molecule has 2 N–H and O–H groups in total. The van der Waals surface area contributed by atoms with E-state index < -0.39 is 30.7 Å². The first-order chi connectivity index (χ1) is 11.2. The van der Waals surface area contributed by atoms with Gasteiger partial charge in [-0.3, -0.25) is 9.11 Å². The molecule has 0 aliphatic rings. The van der Waals surface area contributed by atoms with Gasteiger partial charge in [-0.1, -0.05) is 60.7 Å². The fraction of sp³-hybridized carbons (Fsp3) is 0.250. The van der Waals surface area contributed by atoms with Crippen LogP contribution in [0.5, 0.6) is 0 Å². The Bertz CT molecular complexity index is 786. The second-order valence-electron chi connectivity index (χ2n) is 5.41. The van der Waals surface area contributed by atoms with Crippen molar-refractivity contribution in [2.24, 2.45) is 0 Å². The highest BCUT2D eigenvalue weighted by atomic mass is 32.2. The van der Waals surface area contributed by atoms with Crippen molar-refractivity contribution in [1.29, 1.82) is 0 Å². The highest BCUT2D eigenvalue weighted by Gasteiger charge is 2.30. The Morgan fingerprint density at radius 2 is 0.917 bits per heavy atom. The predicted octanol–water partition coefficient (Wildman–Crippen LogP) is 3.02. The molecular formula is C16H18O6S2. The van der Waals surface area contributed by atoms with Gasteiger partial charge in [-0.05, 0) is 24.0 Å². The van der Waals surface area contributed by atoms with Crippen molar-refractivity contribution in [2.75, 3.05) is 0 Å². The fourth-order valence-corrected chi connectivity index (χ4v) is 4.48. The van der Waals surface area contributed by atoms with Crippen molar-refractivity contribution in [3.05, 3.63) is 71.8 Å². The zero-order valence-electron chi connectivity index (χ0n) is 12.7. The Labute approximate surface area is 141 Å². The molecule has 2 rings (SSSR count). The molecule has 2 atom stereocenters. The zero-order chi connectivity index (χ0) is 17.8. The van der Waals surface area contributed by atoms with E-state index in [1.807, 2.05) is 0 Å². The Morgan fingerprint density at radius 3 is 1.17 bits per heavy atom. The minimum Gasteiger partial charge on any atom is -0.285 e. The smallest absolute Gasteiger partial charge is 0.271 e. The third kappa shape index (κ3) is 4.88. The summed E-state index contributed by atoms with van der Waals surface area (Å²) in [6.45, 7) is 0. The maximum absolute atomic E-state index is 11.7. The normalized spacial score (nSPS) is 14.9. The second-order valence-corrected chi connectivity index (χ2v) is 8.60. The standard InChI is InChI=1S/C16H18O6S2/c17-23(18,19)15(13-7-3-1-4-8-13)11-12-16(24(20,21)22)14-9-5-2-6-10-14/h1-10,15-16H,11-12H2,(H,17,18,19)(H,20,21,22). The van der Waals surface area contributed by atoms with Crippen LogP contribution >= 0.6 is 0 Å². The molecule has 0 spiro atoms. The van der Waals surface area contributed by atoms with E-state index in [2.05, 4.69) is 0 Å². The van der Waals surface area contributed by atoms with E-state index in [0.717, 1.165) is 0 Å². The van der Waals surface area contributed by atoms with Gasteiger partial charge in [0.15, 0.2) is 0 Å². The highest BCUT2D eigenvalue weighted by molar-refractivity contribution is 7.86. The lowest BCUT2D eigenvalue weighted by Gasteiger charge is -2.18. The van der Waals surface area contributed by atoms with Crippen molar-refractivity contribution in [3.63, 3.8) is 0 Å². The maximum Gasteiger partial charge on any atom is 0.271 e. The number of rotatable bonds is 7. The average molecular weight is 370 g/mol. The molecule has 0 aromatic heterocycles. The molecule has 8 heteroatoms. The molecule has 0 saturated heterocycles. The molecule has 0 aliphatic heterocycles. The first-order valence-corrected chi connectivity index (χ1v) is 10.2. The van der Waals surface area contributed by atoms with Crippen molar-refractivity contribution in [1.82, 2.24) is 0 Å². The lowest BCUT2D eigenvalue weighted by Crippen LogP contribution is -2.17. The molecular weight excluding hydrogens is 352 g/mol. The lowest BCUT2D eigenvalue weighted by molar-refractivity contribution is 0.446. The van der Waals surface area contributed by atoms with Crippen molar-refractivity contribution in [2.45, 2.75) is 23.3 Å². The van der Waals surface area contributed by atoms with Crippen LogP contribution in [0.3, 0.4) is 0 Å². The molecule has 24 heavy (non-hydrogen) atoms. The van der Waals surface area contributed by atoms with Crippen molar-refractivity contribution in [3.8, 4) is 0 Å². The van der Waals surface area contributed by atoms with Crippen LogP contribution in [-0.2, 0) is 20.2 Å². The van der Waals surface area contributed by atoms with Crippen LogP contribution in [0.1, 0.15) is 34.5 Å². The van der Waals surface area contributed by atoms with Gasteiger partial charge in [0.2, 0.25) is 0 Å². The Hall–Kier alpha value is -1.74. The Kier molecular flexibility index (Phi) is 5.76. The number of benzene rings is 2. The summed E-state index contributed by atoms with van der Waals surface area (Å²) in [6.07, 6.45) is -0.301. The molecule has 0 amide bonds. The molecule has 0 heterocycles. The van der Waals surface area contributed by atoms with Gasteiger partial charge in [0.25, 0.3) is 20.2 Å². The Morgan fingerprint density at radius 1 is 0.625 bits per heavy atom. The molecule has 2 unspecified atom stereocenters. The van der Waals surface area contributed by atoms with E-state index in [1.54, 1.807) is 60.7 Å². The fourth-order valence-electron chi connectivity index (χ4n) is 2.61. The van der Waals surface area contributed by atoms with Crippen LogP contribution in [-0.4, -0.2) is 25.9 Å². The van der Waals surface area contributed by atoms with E-state index in [1.165, 1.54) is 0 Å². The minimum atomic E-state index is -4.42. The largest absolute Gasteiger partial charge is 0.285 e. The van der Waals surface area contributed by atoms with Gasteiger partial charge in [0.05, 0.1) is 0 Å². The van der Waals surface area contributed by atoms with E-state index in [-0.39, 0.29) is 12.8 Å². The quantitative estimate of drug-likeness (QED) is 0.725. The molecule has 130 valence electrons. The summed E-state index contributed by atoms with van der Waals surface area (Å²) in [5, 5.41) is -2.52. The van der Waals surface area contributed by atoms with Gasteiger partial charge in [0, 0.05) is 0 Å². The summed E-state index contributed by atoms with van der Waals surface area (Å²) < 4.78 is 65.7. The molecule has 2 aromatic carbocycles. The summed E-state index contributed by atoms with van der Waals surface area (Å²) in [4.78, 5) is 0. The van der Waals surface area contributed by atoms with Crippen LogP contribution in [0.15, 0.2) is 60.7 Å². The van der Waals surface area contributed by atoms with Crippen LogP contribution in [0, 0.1) is 0 Å². The van der Waals surface area contributed by atoms with Crippen LogP contribution in [0.2, 0.25) is 0 Å². The van der Waals surface area contributed by atoms with Gasteiger partial charge in [-0.15, -0.1) is 0 Å². The third-order valence-electron chi connectivity index (χ3n) is 3.75. The van der Waals surface area contributed by atoms with Gasteiger partial charge < -0.3 is 0 Å². The van der Waals surface area contributed by atoms with Crippen molar-refractivity contribution >= 4 is 20.2 Å². The topological polar surface area (TPSA) is 109 Å². The molecule has 0 saturated carbocycles. The van der Waals surface area contributed by atoms with Gasteiger partial charge >= 0.3 is 0 Å². The molecule has 0 fully saturated rings. The monoisotopic (exact) mass is 370 g/mol. The van der Waals surface area contributed by atoms with Crippen molar-refractivity contribution < 1.29 is 25.9 Å². The summed E-state index contributed by atoms with van der Waals surface area (Å²) >= 11 is 0. The van der Waals surface area contributed by atoms with Gasteiger partial charge in [0.1, 0.15) is 10.5 Å². The maximum atomic E-state index is 11.7. The summed E-state index contributed by atoms with van der Waals surface area (Å²) in [7, 11) is -8.84. The SMILES string of the molecule is O=S(=O)(O)C(CCC(c1ccccc1)S(=O)(=O)O)c1ccccc1. The van der Waals surface area contributed by atoms with E-state index in [4.69, 9.17) is 0 Å². The summed E-state index contributed by atoms with van der Waals surface area (Å²) in [6, 6.07) is 16.1. The lowest BCUT2D eigenvalue weighted by atomic mass is 10.0. The average Bonchev–Trinajstić information content (AvgIpc) is 2.51. The second kappa shape index (κ2) is 7.43. The first-order valence-electron chi connectivity index (χ1n) is 7.22. The summed E-state index contributed by atoms with van der Waals surface area (Å²) in [5.41, 5.74) is 0.726. The van der Waals surface area contributed by atoms with Crippen LogP contribution < -0.4 is 0 Å².